The van der Waals surface area contributed by atoms with Crippen molar-refractivity contribution >= 4 is 34.5 Å². The highest BCUT2D eigenvalue weighted by atomic mass is 35.5. The molecule has 1 amide bonds. The van der Waals surface area contributed by atoms with Gasteiger partial charge in [-0.3, -0.25) is 4.79 Å². The van der Waals surface area contributed by atoms with Gasteiger partial charge in [-0.25, -0.2) is 0 Å². The summed E-state index contributed by atoms with van der Waals surface area (Å²) in [6.07, 6.45) is 0.0178. The number of nitrogens with one attached hydrogen (secondary N) is 1. The zero-order valence-electron chi connectivity index (χ0n) is 11.7. The summed E-state index contributed by atoms with van der Waals surface area (Å²) in [7, 11) is 0. The molecule has 0 saturated carbocycles. The number of aryl methyl sites for hydroxylation is 1. The van der Waals surface area contributed by atoms with Crippen LogP contribution in [-0.4, -0.2) is 16.1 Å². The number of amides is 1. The van der Waals surface area contributed by atoms with E-state index >= 15 is 0 Å². The molecule has 1 aromatic carbocycles. The first-order valence-corrected chi connectivity index (χ1v) is 7.80. The number of carbonyl (C=O) groups excluding carboxylic acids is 1. The summed E-state index contributed by atoms with van der Waals surface area (Å²) in [4.78, 5) is 12.9. The van der Waals surface area contributed by atoms with Crippen molar-refractivity contribution in [3.05, 3.63) is 52.2 Å². The van der Waals surface area contributed by atoms with Crippen LogP contribution in [0.4, 0.5) is 5.69 Å². The first-order chi connectivity index (χ1) is 10.6. The van der Waals surface area contributed by atoms with Crippen LogP contribution in [0.3, 0.4) is 0 Å². The van der Waals surface area contributed by atoms with Crippen molar-refractivity contribution in [2.45, 2.75) is 13.3 Å². The Labute approximate surface area is 135 Å². The molecule has 0 atom stereocenters. The second kappa shape index (κ2) is 6.29. The third-order valence-corrected chi connectivity index (χ3v) is 4.18. The lowest BCUT2D eigenvalue weighted by Gasteiger charge is -2.03. The SMILES string of the molecule is Cc1ccsc1-c1nnc(CC(=O)Nc2cccc(Cl)c2)o1. The van der Waals surface area contributed by atoms with Gasteiger partial charge in [-0.15, -0.1) is 21.5 Å². The molecule has 7 heteroatoms. The Morgan fingerprint density at radius 1 is 1.36 bits per heavy atom. The maximum atomic E-state index is 12.0. The molecular weight excluding hydrogens is 322 g/mol. The van der Waals surface area contributed by atoms with Crippen LogP contribution in [0.15, 0.2) is 40.1 Å². The zero-order chi connectivity index (χ0) is 15.5. The first-order valence-electron chi connectivity index (χ1n) is 6.54. The molecule has 0 bridgehead atoms. The lowest BCUT2D eigenvalue weighted by Crippen LogP contribution is -2.14. The molecule has 0 aliphatic carbocycles. The van der Waals surface area contributed by atoms with E-state index in [4.69, 9.17) is 16.0 Å². The molecule has 0 aliphatic rings. The van der Waals surface area contributed by atoms with Gasteiger partial charge in [-0.2, -0.15) is 0 Å². The average Bonchev–Trinajstić information content (AvgIpc) is 3.07. The third-order valence-electron chi connectivity index (χ3n) is 2.94. The first kappa shape index (κ1) is 14.7. The van der Waals surface area contributed by atoms with Crippen LogP contribution in [0.2, 0.25) is 5.02 Å². The summed E-state index contributed by atoms with van der Waals surface area (Å²) in [6, 6.07) is 8.93. The van der Waals surface area contributed by atoms with Crippen LogP contribution in [-0.2, 0) is 11.2 Å². The van der Waals surface area contributed by atoms with E-state index in [2.05, 4.69) is 15.5 Å². The third kappa shape index (κ3) is 3.35. The van der Waals surface area contributed by atoms with E-state index in [1.165, 1.54) is 11.3 Å². The molecule has 0 spiro atoms. The van der Waals surface area contributed by atoms with Crippen molar-refractivity contribution in [1.29, 1.82) is 0 Å². The minimum Gasteiger partial charge on any atom is -0.419 e. The smallest absolute Gasteiger partial charge is 0.258 e. The number of rotatable bonds is 4. The van der Waals surface area contributed by atoms with E-state index in [9.17, 15) is 4.79 Å². The Bertz CT molecular complexity index is 812. The van der Waals surface area contributed by atoms with Gasteiger partial charge < -0.3 is 9.73 Å². The Balaban J connectivity index is 1.67. The normalized spacial score (nSPS) is 10.6. The van der Waals surface area contributed by atoms with Gasteiger partial charge in [0.25, 0.3) is 5.89 Å². The minimum atomic E-state index is -0.236. The summed E-state index contributed by atoms with van der Waals surface area (Å²) in [5.41, 5.74) is 1.70. The fourth-order valence-corrected chi connectivity index (χ4v) is 2.95. The van der Waals surface area contributed by atoms with Crippen molar-refractivity contribution in [1.82, 2.24) is 10.2 Å². The number of hydrogen-bond acceptors (Lipinski definition) is 5. The van der Waals surface area contributed by atoms with E-state index in [1.807, 2.05) is 18.4 Å². The molecule has 0 unspecified atom stereocenters. The summed E-state index contributed by atoms with van der Waals surface area (Å²) in [5.74, 6) is 0.487. The van der Waals surface area contributed by atoms with Gasteiger partial charge in [-0.1, -0.05) is 17.7 Å². The van der Waals surface area contributed by atoms with Crippen LogP contribution >= 0.6 is 22.9 Å². The quantitative estimate of drug-likeness (QED) is 0.785. The van der Waals surface area contributed by atoms with Crippen LogP contribution in [0.5, 0.6) is 0 Å². The molecule has 112 valence electrons. The standard InChI is InChI=1S/C15H12ClN3O2S/c1-9-5-6-22-14(9)15-19-18-13(21-15)8-12(20)17-11-4-2-3-10(16)7-11/h2-7H,8H2,1H3,(H,17,20). The van der Waals surface area contributed by atoms with E-state index in [0.29, 0.717) is 16.6 Å². The predicted octanol–water partition coefficient (Wildman–Crippen LogP) is 3.94. The number of thiophene rings is 1. The van der Waals surface area contributed by atoms with Crippen molar-refractivity contribution in [3.63, 3.8) is 0 Å². The van der Waals surface area contributed by atoms with Crippen LogP contribution in [0.25, 0.3) is 10.8 Å². The fraction of sp³-hybridized carbons (Fsp3) is 0.133. The molecule has 5 nitrogen and oxygen atoms in total. The van der Waals surface area contributed by atoms with Crippen molar-refractivity contribution < 1.29 is 9.21 Å². The fourth-order valence-electron chi connectivity index (χ4n) is 1.92. The van der Waals surface area contributed by atoms with Crippen molar-refractivity contribution in [3.8, 4) is 10.8 Å². The largest absolute Gasteiger partial charge is 0.419 e. The molecule has 22 heavy (non-hydrogen) atoms. The van der Waals surface area contributed by atoms with Gasteiger partial charge in [0.05, 0.1) is 4.88 Å². The van der Waals surface area contributed by atoms with E-state index in [1.54, 1.807) is 24.3 Å². The second-order valence-electron chi connectivity index (χ2n) is 4.67. The highest BCUT2D eigenvalue weighted by Crippen LogP contribution is 2.27. The lowest BCUT2D eigenvalue weighted by atomic mass is 10.3. The number of nitrogens with zero attached hydrogens (tertiary/aromatic N) is 2. The zero-order valence-corrected chi connectivity index (χ0v) is 13.2. The molecule has 3 aromatic rings. The summed E-state index contributed by atoms with van der Waals surface area (Å²) in [6.45, 7) is 1.97. The van der Waals surface area contributed by atoms with Gasteiger partial charge in [0, 0.05) is 10.7 Å². The Morgan fingerprint density at radius 2 is 2.23 bits per heavy atom. The van der Waals surface area contributed by atoms with Gasteiger partial charge in [0.2, 0.25) is 11.8 Å². The van der Waals surface area contributed by atoms with Gasteiger partial charge in [-0.05, 0) is 42.1 Å². The van der Waals surface area contributed by atoms with Crippen LogP contribution < -0.4 is 5.32 Å². The Morgan fingerprint density at radius 3 is 2.95 bits per heavy atom. The van der Waals surface area contributed by atoms with Crippen LogP contribution in [0, 0.1) is 6.92 Å². The highest BCUT2D eigenvalue weighted by molar-refractivity contribution is 7.13. The molecule has 2 heterocycles. The highest BCUT2D eigenvalue weighted by Gasteiger charge is 2.14. The molecule has 0 saturated heterocycles. The van der Waals surface area contributed by atoms with E-state index < -0.39 is 0 Å². The van der Waals surface area contributed by atoms with Crippen LogP contribution in [0.1, 0.15) is 11.5 Å². The number of carbonyl (C=O) groups is 1. The van der Waals surface area contributed by atoms with Crippen molar-refractivity contribution in [2.75, 3.05) is 5.32 Å². The number of benzene rings is 1. The number of halogens is 1. The maximum Gasteiger partial charge on any atom is 0.258 e. The van der Waals surface area contributed by atoms with Gasteiger partial charge >= 0.3 is 0 Å². The lowest BCUT2D eigenvalue weighted by molar-refractivity contribution is -0.115. The minimum absolute atomic E-state index is 0.0178. The Hall–Kier alpha value is -2.18. The number of anilines is 1. The van der Waals surface area contributed by atoms with Gasteiger partial charge in [0.15, 0.2) is 0 Å². The Kier molecular flexibility index (Phi) is 4.22. The van der Waals surface area contributed by atoms with Crippen molar-refractivity contribution in [2.24, 2.45) is 0 Å². The molecule has 2 aromatic heterocycles. The topological polar surface area (TPSA) is 68.0 Å². The summed E-state index contributed by atoms with van der Waals surface area (Å²) < 4.78 is 5.54. The number of aromatic nitrogens is 2. The monoisotopic (exact) mass is 333 g/mol. The molecular formula is C15H12ClN3O2S. The summed E-state index contributed by atoms with van der Waals surface area (Å²) in [5, 5.41) is 13.2. The molecule has 1 N–H and O–H groups in total. The number of hydrogen-bond donors (Lipinski definition) is 1. The van der Waals surface area contributed by atoms with Gasteiger partial charge in [0.1, 0.15) is 6.42 Å². The maximum absolute atomic E-state index is 12.0. The summed E-state index contributed by atoms with van der Waals surface area (Å²) >= 11 is 7.40. The molecule has 0 fully saturated rings. The van der Waals surface area contributed by atoms with E-state index in [0.717, 1.165) is 10.4 Å². The predicted molar refractivity (Wildman–Crippen MR) is 86.1 cm³/mol. The molecule has 0 aliphatic heterocycles. The molecule has 3 rings (SSSR count). The second-order valence-corrected chi connectivity index (χ2v) is 6.02. The van der Waals surface area contributed by atoms with E-state index in [-0.39, 0.29) is 18.2 Å². The molecule has 0 radical (unpaired) electrons. The average molecular weight is 334 g/mol.